The fraction of sp³-hybridized carbons (Fsp3) is 0.379. The van der Waals surface area contributed by atoms with E-state index >= 15 is 0 Å². The third kappa shape index (κ3) is 9.02. The van der Waals surface area contributed by atoms with Gasteiger partial charge >= 0.3 is 18.2 Å². The Bertz CT molecular complexity index is 1360. The third-order valence-electron chi connectivity index (χ3n) is 6.87. The lowest BCUT2D eigenvalue weighted by atomic mass is 9.87. The summed E-state index contributed by atoms with van der Waals surface area (Å²) in [6, 6.07) is 14.4. The van der Waals surface area contributed by atoms with Gasteiger partial charge in [0.1, 0.15) is 24.5 Å². The van der Waals surface area contributed by atoms with Gasteiger partial charge in [0.25, 0.3) is 5.91 Å². The van der Waals surface area contributed by atoms with E-state index in [0.29, 0.717) is 6.29 Å². The SMILES string of the molecule is C[C@](NC(=O)C(F)(F)F)(C(=O)N1CC[C@H]1C(=O)N[C@H](C=O)CCCN=C(N)NC(=O)OCc1ccccc1)c1ccccc1. The minimum Gasteiger partial charge on any atom is -0.444 e. The first kappa shape index (κ1) is 33.6. The third-order valence-corrected chi connectivity index (χ3v) is 6.87. The van der Waals surface area contributed by atoms with Crippen molar-refractivity contribution in [2.75, 3.05) is 13.1 Å². The van der Waals surface area contributed by atoms with Crippen LogP contribution in [0.25, 0.3) is 0 Å². The molecular formula is C29H33F3N6O6. The number of alkyl carbamates (subject to hydrolysis) is 1. The maximum Gasteiger partial charge on any atom is 0.471 e. The topological polar surface area (TPSA) is 172 Å². The number of guanidine groups is 1. The minimum absolute atomic E-state index is 0.0401. The van der Waals surface area contributed by atoms with Gasteiger partial charge in [-0.1, -0.05) is 60.7 Å². The molecule has 1 fully saturated rings. The first-order valence-electron chi connectivity index (χ1n) is 13.6. The molecule has 2 aromatic carbocycles. The first-order chi connectivity index (χ1) is 20.8. The highest BCUT2D eigenvalue weighted by Crippen LogP contribution is 2.30. The highest BCUT2D eigenvalue weighted by Gasteiger charge is 2.50. The van der Waals surface area contributed by atoms with Crippen molar-refractivity contribution in [2.24, 2.45) is 10.7 Å². The molecule has 236 valence electrons. The van der Waals surface area contributed by atoms with Crippen LogP contribution in [0.3, 0.4) is 0 Å². The van der Waals surface area contributed by atoms with Crippen molar-refractivity contribution in [3.8, 4) is 0 Å². The minimum atomic E-state index is -5.24. The molecule has 3 rings (SSSR count). The molecule has 3 atom stereocenters. The van der Waals surface area contributed by atoms with Gasteiger partial charge in [-0.2, -0.15) is 13.2 Å². The van der Waals surface area contributed by atoms with E-state index in [-0.39, 0.29) is 50.5 Å². The van der Waals surface area contributed by atoms with E-state index in [4.69, 9.17) is 10.5 Å². The van der Waals surface area contributed by atoms with Crippen LogP contribution in [-0.4, -0.2) is 72.3 Å². The zero-order valence-electron chi connectivity index (χ0n) is 23.8. The number of ether oxygens (including phenoxy) is 1. The number of nitrogens with two attached hydrogens (primary N) is 1. The molecule has 4 amide bonds. The van der Waals surface area contributed by atoms with Gasteiger partial charge in [-0.05, 0) is 37.3 Å². The van der Waals surface area contributed by atoms with Crippen LogP contribution in [0.4, 0.5) is 18.0 Å². The largest absolute Gasteiger partial charge is 0.471 e. The van der Waals surface area contributed by atoms with Crippen LogP contribution in [0.1, 0.15) is 37.3 Å². The molecule has 0 unspecified atom stereocenters. The van der Waals surface area contributed by atoms with E-state index in [1.165, 1.54) is 24.3 Å². The molecule has 1 aliphatic heterocycles. The first-order valence-corrected chi connectivity index (χ1v) is 13.6. The Morgan fingerprint density at radius 1 is 1.09 bits per heavy atom. The summed E-state index contributed by atoms with van der Waals surface area (Å²) in [4.78, 5) is 66.8. The molecule has 1 aliphatic rings. The van der Waals surface area contributed by atoms with Crippen molar-refractivity contribution in [1.82, 2.24) is 20.9 Å². The number of carbonyl (C=O) groups excluding carboxylic acids is 5. The summed E-state index contributed by atoms with van der Waals surface area (Å²) >= 11 is 0. The Labute approximate surface area is 251 Å². The number of rotatable bonds is 12. The molecule has 0 saturated carbocycles. The number of aliphatic imine (C=N–C) groups is 1. The predicted octanol–water partition coefficient (Wildman–Crippen LogP) is 1.89. The predicted molar refractivity (Wildman–Crippen MR) is 152 cm³/mol. The van der Waals surface area contributed by atoms with Gasteiger partial charge in [-0.3, -0.25) is 24.7 Å². The van der Waals surface area contributed by atoms with Gasteiger partial charge in [-0.25, -0.2) is 4.79 Å². The second kappa shape index (κ2) is 15.0. The zero-order chi connectivity index (χ0) is 32.3. The van der Waals surface area contributed by atoms with Crippen molar-refractivity contribution < 1.29 is 41.9 Å². The van der Waals surface area contributed by atoms with Crippen LogP contribution in [0.5, 0.6) is 0 Å². The van der Waals surface area contributed by atoms with Gasteiger partial charge in [0.15, 0.2) is 5.96 Å². The maximum absolute atomic E-state index is 13.5. The second-order valence-electron chi connectivity index (χ2n) is 10.1. The van der Waals surface area contributed by atoms with Gasteiger partial charge in [0.2, 0.25) is 5.91 Å². The Kier molecular flexibility index (Phi) is 11.4. The monoisotopic (exact) mass is 618 g/mol. The van der Waals surface area contributed by atoms with Gasteiger partial charge in [0.05, 0.1) is 6.04 Å². The van der Waals surface area contributed by atoms with Crippen molar-refractivity contribution in [1.29, 1.82) is 0 Å². The molecule has 44 heavy (non-hydrogen) atoms. The maximum atomic E-state index is 13.5. The lowest BCUT2D eigenvalue weighted by Gasteiger charge is -2.45. The summed E-state index contributed by atoms with van der Waals surface area (Å²) in [6.45, 7) is 1.34. The van der Waals surface area contributed by atoms with Crippen LogP contribution < -0.4 is 21.7 Å². The lowest BCUT2D eigenvalue weighted by Crippen LogP contribution is -2.66. The summed E-state index contributed by atoms with van der Waals surface area (Å²) in [7, 11) is 0. The average molecular weight is 619 g/mol. The highest BCUT2D eigenvalue weighted by atomic mass is 19.4. The number of hydrogen-bond donors (Lipinski definition) is 4. The van der Waals surface area contributed by atoms with E-state index in [1.807, 2.05) is 6.07 Å². The highest BCUT2D eigenvalue weighted by molar-refractivity contribution is 5.97. The van der Waals surface area contributed by atoms with E-state index in [2.05, 4.69) is 15.6 Å². The van der Waals surface area contributed by atoms with E-state index < -0.39 is 47.6 Å². The van der Waals surface area contributed by atoms with Crippen LogP contribution in [0.2, 0.25) is 0 Å². The molecule has 5 N–H and O–H groups in total. The van der Waals surface area contributed by atoms with Gasteiger partial charge in [0, 0.05) is 13.1 Å². The second-order valence-corrected chi connectivity index (χ2v) is 10.1. The fourth-order valence-corrected chi connectivity index (χ4v) is 4.38. The lowest BCUT2D eigenvalue weighted by molar-refractivity contribution is -0.178. The number of hydrogen-bond acceptors (Lipinski definition) is 7. The molecule has 0 spiro atoms. The molecule has 1 heterocycles. The summed E-state index contributed by atoms with van der Waals surface area (Å²) in [5, 5.41) is 6.58. The number of alkyl halides is 3. The van der Waals surface area contributed by atoms with E-state index in [0.717, 1.165) is 17.4 Å². The Balaban J connectivity index is 1.52. The molecular weight excluding hydrogens is 585 g/mol. The van der Waals surface area contributed by atoms with Crippen molar-refractivity contribution >= 4 is 36.1 Å². The Hall–Kier alpha value is -4.95. The smallest absolute Gasteiger partial charge is 0.444 e. The molecule has 0 aliphatic carbocycles. The number of carbonyl (C=O) groups is 5. The summed E-state index contributed by atoms with van der Waals surface area (Å²) in [6.07, 6.45) is -4.90. The fourth-order valence-electron chi connectivity index (χ4n) is 4.38. The standard InChI is InChI=1S/C29H33F3N6O6/c1-28(20-11-6-3-7-12-20,37-24(41)29(30,31)32)25(42)38-16-14-22(38)23(40)35-21(17-39)13-8-15-34-26(33)36-27(43)44-18-19-9-4-2-5-10-19/h2-7,9-12,17,21-22H,8,13-16,18H2,1H3,(H,35,40)(H,37,41)(H3,33,34,36,43)/t21-,22-,28+/m0/s1. The van der Waals surface area contributed by atoms with Crippen LogP contribution in [-0.2, 0) is 36.1 Å². The summed E-state index contributed by atoms with van der Waals surface area (Å²) in [5.41, 5.74) is 4.45. The normalized spacial score (nSPS) is 16.9. The number of likely N-dealkylation sites (tertiary alicyclic amines) is 1. The number of halogens is 3. The quantitative estimate of drug-likeness (QED) is 0.122. The number of amides is 4. The average Bonchev–Trinajstić information content (AvgIpc) is 2.97. The summed E-state index contributed by atoms with van der Waals surface area (Å²) in [5.74, 6) is -4.08. The summed E-state index contributed by atoms with van der Waals surface area (Å²) < 4.78 is 44.3. The van der Waals surface area contributed by atoms with Gasteiger partial charge < -0.3 is 30.8 Å². The molecule has 15 heteroatoms. The zero-order valence-corrected chi connectivity index (χ0v) is 23.8. The van der Waals surface area contributed by atoms with Crippen molar-refractivity contribution in [3.05, 3.63) is 71.8 Å². The van der Waals surface area contributed by atoms with Crippen molar-refractivity contribution in [3.63, 3.8) is 0 Å². The Morgan fingerprint density at radius 3 is 2.30 bits per heavy atom. The van der Waals surface area contributed by atoms with Crippen LogP contribution in [0.15, 0.2) is 65.7 Å². The molecule has 0 aromatic heterocycles. The van der Waals surface area contributed by atoms with Crippen LogP contribution >= 0.6 is 0 Å². The molecule has 0 bridgehead atoms. The van der Waals surface area contributed by atoms with E-state index in [9.17, 15) is 37.1 Å². The van der Waals surface area contributed by atoms with Crippen molar-refractivity contribution in [2.45, 2.75) is 56.6 Å². The number of nitrogens with one attached hydrogen (secondary N) is 3. The molecule has 2 aromatic rings. The molecule has 12 nitrogen and oxygen atoms in total. The van der Waals surface area contributed by atoms with Crippen LogP contribution in [0, 0.1) is 0 Å². The Morgan fingerprint density at radius 2 is 1.73 bits per heavy atom. The number of benzene rings is 2. The van der Waals surface area contributed by atoms with E-state index in [1.54, 1.807) is 35.6 Å². The number of aldehydes is 1. The van der Waals surface area contributed by atoms with Gasteiger partial charge in [-0.15, -0.1) is 0 Å². The molecule has 1 saturated heterocycles. The number of nitrogens with zero attached hydrogens (tertiary/aromatic N) is 2. The molecule has 0 radical (unpaired) electrons.